The van der Waals surface area contributed by atoms with Gasteiger partial charge in [-0.25, -0.2) is 26.7 Å². The monoisotopic (exact) mass is 354 g/mol. The van der Waals surface area contributed by atoms with Crippen LogP contribution < -0.4 is 5.14 Å². The van der Waals surface area contributed by atoms with Crippen LogP contribution in [0.1, 0.15) is 24.1 Å². The number of halogens is 3. The summed E-state index contributed by atoms with van der Waals surface area (Å²) in [5.41, 5.74) is 1.42. The normalized spacial score (nSPS) is 17.3. The molecule has 0 fully saturated rings. The van der Waals surface area contributed by atoms with Crippen LogP contribution in [0.25, 0.3) is 11.1 Å². The lowest BCUT2D eigenvalue weighted by molar-refractivity contribution is 0.0187. The van der Waals surface area contributed by atoms with Crippen LogP contribution in [0.4, 0.5) is 13.2 Å². The first kappa shape index (κ1) is 16.7. The number of aromatic nitrogens is 1. The zero-order chi connectivity index (χ0) is 17.5. The van der Waals surface area contributed by atoms with Crippen molar-refractivity contribution in [1.29, 1.82) is 0 Å². The third kappa shape index (κ3) is 3.34. The van der Waals surface area contributed by atoms with E-state index in [1.54, 1.807) is 0 Å². The molecule has 1 aliphatic rings. The molecule has 0 aliphatic heterocycles. The Morgan fingerprint density at radius 1 is 1.00 bits per heavy atom. The maximum atomic E-state index is 13.9. The summed E-state index contributed by atoms with van der Waals surface area (Å²) in [6.07, 6.45) is 0.0461. The fraction of sp³-hybridized carbons (Fsp3) is 0.188. The van der Waals surface area contributed by atoms with Gasteiger partial charge in [0, 0.05) is 19.0 Å². The van der Waals surface area contributed by atoms with Crippen molar-refractivity contribution in [1.82, 2.24) is 4.98 Å². The largest absolute Gasteiger partial charge is 0.256 e. The molecule has 1 aromatic carbocycles. The van der Waals surface area contributed by atoms with Gasteiger partial charge in [0.2, 0.25) is 10.0 Å². The maximum absolute atomic E-state index is 13.9. The number of alkyl halides is 2. The molecule has 0 amide bonds. The minimum atomic E-state index is -3.90. The third-order valence-electron chi connectivity index (χ3n) is 3.80. The second-order valence-electron chi connectivity index (χ2n) is 5.60. The number of rotatable bonds is 3. The van der Waals surface area contributed by atoms with Gasteiger partial charge in [-0.05, 0) is 41.0 Å². The SMILES string of the molecule is NS(=O)(=O)c1ccc(C2=C(c3ccc(F)cc3)CC(F)(F)C2)nc1. The fourth-order valence-corrected chi connectivity index (χ4v) is 3.15. The minimum Gasteiger partial charge on any atom is -0.255 e. The van der Waals surface area contributed by atoms with Gasteiger partial charge < -0.3 is 0 Å². The van der Waals surface area contributed by atoms with Crippen LogP contribution in [0.5, 0.6) is 0 Å². The number of sulfonamides is 1. The molecule has 8 heteroatoms. The number of benzene rings is 1. The highest BCUT2D eigenvalue weighted by Crippen LogP contribution is 2.47. The number of pyridine rings is 1. The molecule has 3 rings (SSSR count). The number of nitrogens with zero attached hydrogens (tertiary/aromatic N) is 1. The van der Waals surface area contributed by atoms with Crippen LogP contribution in [0.3, 0.4) is 0 Å². The highest BCUT2D eigenvalue weighted by molar-refractivity contribution is 7.89. The van der Waals surface area contributed by atoms with Crippen molar-refractivity contribution in [3.63, 3.8) is 0 Å². The van der Waals surface area contributed by atoms with Gasteiger partial charge in [-0.3, -0.25) is 4.98 Å². The summed E-state index contributed by atoms with van der Waals surface area (Å²) >= 11 is 0. The molecule has 2 aromatic rings. The summed E-state index contributed by atoms with van der Waals surface area (Å²) in [5, 5.41) is 5.00. The zero-order valence-corrected chi connectivity index (χ0v) is 13.2. The molecule has 0 saturated carbocycles. The molecule has 1 aliphatic carbocycles. The molecule has 0 unspecified atom stereocenters. The molecule has 2 N–H and O–H groups in total. The molecule has 1 heterocycles. The molecular weight excluding hydrogens is 341 g/mol. The van der Waals surface area contributed by atoms with Gasteiger partial charge in [0.05, 0.1) is 5.69 Å². The summed E-state index contributed by atoms with van der Waals surface area (Å²) in [7, 11) is -3.90. The highest BCUT2D eigenvalue weighted by Gasteiger charge is 2.40. The van der Waals surface area contributed by atoms with Gasteiger partial charge in [0.15, 0.2) is 0 Å². The van der Waals surface area contributed by atoms with Crippen molar-refractivity contribution in [3.05, 3.63) is 59.7 Å². The lowest BCUT2D eigenvalue weighted by Crippen LogP contribution is -2.12. The van der Waals surface area contributed by atoms with E-state index in [9.17, 15) is 21.6 Å². The van der Waals surface area contributed by atoms with E-state index >= 15 is 0 Å². The van der Waals surface area contributed by atoms with E-state index in [1.165, 1.54) is 36.4 Å². The first-order valence-electron chi connectivity index (χ1n) is 7.01. The smallest absolute Gasteiger partial charge is 0.255 e. The van der Waals surface area contributed by atoms with Crippen LogP contribution in [-0.4, -0.2) is 19.3 Å². The number of hydrogen-bond donors (Lipinski definition) is 1. The van der Waals surface area contributed by atoms with E-state index in [0.29, 0.717) is 16.7 Å². The van der Waals surface area contributed by atoms with Crippen molar-refractivity contribution in [2.45, 2.75) is 23.7 Å². The molecule has 0 spiro atoms. The molecule has 0 saturated heterocycles. The van der Waals surface area contributed by atoms with Gasteiger partial charge in [-0.15, -0.1) is 0 Å². The van der Waals surface area contributed by atoms with Crippen molar-refractivity contribution in [2.75, 3.05) is 0 Å². The Balaban J connectivity index is 2.07. The first-order chi connectivity index (χ1) is 11.2. The van der Waals surface area contributed by atoms with Gasteiger partial charge in [0.25, 0.3) is 5.92 Å². The molecule has 0 radical (unpaired) electrons. The van der Waals surface area contributed by atoms with Crippen LogP contribution in [0, 0.1) is 5.82 Å². The lowest BCUT2D eigenvalue weighted by atomic mass is 10.00. The standard InChI is InChI=1S/C16H13F3N2O2S/c17-11-3-1-10(2-4-11)13-7-16(18,19)8-14(13)15-6-5-12(9-21-15)24(20,22)23/h1-6,9H,7-8H2,(H2,20,22,23). The first-order valence-corrected chi connectivity index (χ1v) is 8.55. The summed E-state index contributed by atoms with van der Waals surface area (Å²) in [6.45, 7) is 0. The van der Waals surface area contributed by atoms with Gasteiger partial charge in [-0.2, -0.15) is 0 Å². The second-order valence-corrected chi connectivity index (χ2v) is 7.16. The number of hydrogen-bond acceptors (Lipinski definition) is 3. The minimum absolute atomic E-state index is 0.195. The molecule has 24 heavy (non-hydrogen) atoms. The highest BCUT2D eigenvalue weighted by atomic mass is 32.2. The van der Waals surface area contributed by atoms with E-state index in [0.717, 1.165) is 6.20 Å². The summed E-state index contributed by atoms with van der Waals surface area (Å²) in [5.74, 6) is -3.39. The van der Waals surface area contributed by atoms with Crippen molar-refractivity contribution in [2.24, 2.45) is 5.14 Å². The predicted octanol–water partition coefficient (Wildman–Crippen LogP) is 3.21. The Labute approximate surface area is 136 Å². The fourth-order valence-electron chi connectivity index (χ4n) is 2.69. The number of nitrogens with two attached hydrogens (primary N) is 1. The van der Waals surface area contributed by atoms with Crippen LogP contribution in [0.15, 0.2) is 47.5 Å². The number of primary sulfonamides is 1. The summed E-state index contributed by atoms with van der Waals surface area (Å²) in [4.78, 5) is 3.77. The predicted molar refractivity (Wildman–Crippen MR) is 83.0 cm³/mol. The third-order valence-corrected chi connectivity index (χ3v) is 4.70. The Morgan fingerprint density at radius 2 is 1.62 bits per heavy atom. The van der Waals surface area contributed by atoms with E-state index in [2.05, 4.69) is 4.98 Å². The van der Waals surface area contributed by atoms with Crippen molar-refractivity contribution < 1.29 is 21.6 Å². The average Bonchev–Trinajstić information content (AvgIpc) is 2.83. The Kier molecular flexibility index (Phi) is 3.97. The van der Waals surface area contributed by atoms with Crippen LogP contribution >= 0.6 is 0 Å². The second kappa shape index (κ2) is 5.71. The zero-order valence-electron chi connectivity index (χ0n) is 12.3. The van der Waals surface area contributed by atoms with Crippen LogP contribution in [-0.2, 0) is 10.0 Å². The van der Waals surface area contributed by atoms with Gasteiger partial charge >= 0.3 is 0 Å². The van der Waals surface area contributed by atoms with Crippen LogP contribution in [0.2, 0.25) is 0 Å². The van der Waals surface area contributed by atoms with E-state index in [-0.39, 0.29) is 10.6 Å². The van der Waals surface area contributed by atoms with Crippen molar-refractivity contribution in [3.8, 4) is 0 Å². The topological polar surface area (TPSA) is 73.1 Å². The molecule has 4 nitrogen and oxygen atoms in total. The number of allylic oxidation sites excluding steroid dienone is 2. The molecule has 126 valence electrons. The summed E-state index contributed by atoms with van der Waals surface area (Å²) < 4.78 is 63.4. The van der Waals surface area contributed by atoms with Gasteiger partial charge in [-0.1, -0.05) is 12.1 Å². The average molecular weight is 354 g/mol. The van der Waals surface area contributed by atoms with E-state index in [1.807, 2.05) is 0 Å². The van der Waals surface area contributed by atoms with Crippen molar-refractivity contribution >= 4 is 21.2 Å². The molecular formula is C16H13F3N2O2S. The van der Waals surface area contributed by atoms with E-state index in [4.69, 9.17) is 5.14 Å². The Morgan fingerprint density at radius 3 is 2.17 bits per heavy atom. The maximum Gasteiger partial charge on any atom is 0.256 e. The lowest BCUT2D eigenvalue weighted by Gasteiger charge is -2.07. The summed E-state index contributed by atoms with van der Waals surface area (Å²) in [6, 6.07) is 7.85. The molecule has 0 bridgehead atoms. The molecule has 1 aromatic heterocycles. The Hall–Kier alpha value is -2.19. The molecule has 0 atom stereocenters. The van der Waals surface area contributed by atoms with E-state index < -0.39 is 34.6 Å². The van der Waals surface area contributed by atoms with Gasteiger partial charge in [0.1, 0.15) is 10.7 Å². The quantitative estimate of drug-likeness (QED) is 0.920. The Bertz CT molecular complexity index is 905.